The number of hydrogen-bond acceptors (Lipinski definition) is 4. The van der Waals surface area contributed by atoms with Gasteiger partial charge in [0.05, 0.1) is 23.3 Å². The molecule has 0 spiro atoms. The highest BCUT2D eigenvalue weighted by atomic mass is 35.5. The maximum absolute atomic E-state index is 11.0. The molecular weight excluding hydrogens is 334 g/mol. The summed E-state index contributed by atoms with van der Waals surface area (Å²) < 4.78 is 5.67. The van der Waals surface area contributed by atoms with Gasteiger partial charge in [0.25, 0.3) is 0 Å². The van der Waals surface area contributed by atoms with Crippen molar-refractivity contribution < 1.29 is 14.3 Å². The Morgan fingerprint density at radius 1 is 1.39 bits per heavy atom. The summed E-state index contributed by atoms with van der Waals surface area (Å²) in [6.45, 7) is 2.59. The number of carboxylic acid groups (broad SMARTS) is 1. The number of hydrogen-bond donors (Lipinski definition) is 1. The third-order valence-electron chi connectivity index (χ3n) is 3.13. The fourth-order valence-electron chi connectivity index (χ4n) is 2.01. The molecule has 0 aliphatic heterocycles. The molecule has 23 heavy (non-hydrogen) atoms. The van der Waals surface area contributed by atoms with Gasteiger partial charge in [0.2, 0.25) is 0 Å². The van der Waals surface area contributed by atoms with Crippen molar-refractivity contribution >= 4 is 40.9 Å². The molecule has 120 valence electrons. The Hall–Kier alpha value is -1.98. The predicted molar refractivity (Wildman–Crippen MR) is 96.1 cm³/mol. The zero-order chi connectivity index (χ0) is 16.8. The van der Waals surface area contributed by atoms with Gasteiger partial charge in [-0.3, -0.25) is 4.99 Å². The van der Waals surface area contributed by atoms with Gasteiger partial charge in [-0.1, -0.05) is 43.2 Å². The Balaban J connectivity index is 2.10. The van der Waals surface area contributed by atoms with Crippen LogP contribution in [0.4, 0.5) is 0 Å². The highest BCUT2D eigenvalue weighted by Gasteiger charge is 2.11. The molecule has 0 saturated heterocycles. The van der Waals surface area contributed by atoms with Gasteiger partial charge in [-0.2, -0.15) is 0 Å². The first-order chi connectivity index (χ1) is 11.0. The Labute approximate surface area is 144 Å². The fraction of sp³-hybridized carbons (Fsp3) is 0.235. The molecule has 1 aromatic carbocycles. The van der Waals surface area contributed by atoms with Gasteiger partial charge >= 0.3 is 5.97 Å². The summed E-state index contributed by atoms with van der Waals surface area (Å²) in [5.41, 5.74) is 0.773. The van der Waals surface area contributed by atoms with Crippen molar-refractivity contribution in [3.63, 3.8) is 0 Å². The van der Waals surface area contributed by atoms with Crippen LogP contribution in [0.15, 0.2) is 39.7 Å². The quantitative estimate of drug-likeness (QED) is 0.571. The fourth-order valence-corrected chi connectivity index (χ4v) is 2.55. The minimum atomic E-state index is -1.06. The molecule has 0 unspecified atom stereocenters. The van der Waals surface area contributed by atoms with Crippen molar-refractivity contribution in [2.45, 2.75) is 19.8 Å². The van der Waals surface area contributed by atoms with Crippen LogP contribution in [-0.4, -0.2) is 28.7 Å². The minimum Gasteiger partial charge on any atom is -0.478 e. The van der Waals surface area contributed by atoms with Crippen LogP contribution in [-0.2, 0) is 0 Å². The topological polar surface area (TPSA) is 62.8 Å². The molecule has 0 fully saturated rings. The number of carboxylic acids is 1. The predicted octanol–water partition coefficient (Wildman–Crippen LogP) is 4.89. The van der Waals surface area contributed by atoms with E-state index in [1.165, 1.54) is 6.07 Å². The van der Waals surface area contributed by atoms with E-state index >= 15 is 0 Å². The number of furan rings is 1. The largest absolute Gasteiger partial charge is 0.478 e. The van der Waals surface area contributed by atoms with Crippen LogP contribution in [0, 0.1) is 0 Å². The van der Waals surface area contributed by atoms with Crippen LogP contribution in [0.3, 0.4) is 0 Å². The Bertz CT molecular complexity index is 752. The molecule has 0 saturated carbocycles. The Morgan fingerprint density at radius 3 is 2.83 bits per heavy atom. The van der Waals surface area contributed by atoms with E-state index in [4.69, 9.17) is 33.3 Å². The molecule has 0 radical (unpaired) electrons. The molecule has 0 atom stereocenters. The SMILES string of the molecule is CCCC(=S)CN=Cc1ccc(-c2ccc(C(=O)O)c(Cl)c2)o1. The maximum Gasteiger partial charge on any atom is 0.337 e. The summed E-state index contributed by atoms with van der Waals surface area (Å²) in [6, 6.07) is 8.27. The van der Waals surface area contributed by atoms with Crippen LogP contribution < -0.4 is 0 Å². The third-order valence-corrected chi connectivity index (χ3v) is 3.77. The van der Waals surface area contributed by atoms with Crippen molar-refractivity contribution in [2.75, 3.05) is 6.54 Å². The third kappa shape index (κ3) is 4.74. The minimum absolute atomic E-state index is 0.0631. The number of aliphatic imine (C=N–C) groups is 1. The first-order valence-electron chi connectivity index (χ1n) is 7.16. The standard InChI is InChI=1S/C17H16ClNO3S/c1-2-3-13(23)10-19-9-12-5-7-16(22-12)11-4-6-14(17(20)21)15(18)8-11/h4-9H,2-3,10H2,1H3,(H,20,21). The van der Waals surface area contributed by atoms with Crippen LogP contribution in [0.2, 0.25) is 5.02 Å². The number of rotatable bonds is 7. The van der Waals surface area contributed by atoms with Crippen LogP contribution >= 0.6 is 23.8 Å². The van der Waals surface area contributed by atoms with Crippen molar-refractivity contribution in [2.24, 2.45) is 4.99 Å². The van der Waals surface area contributed by atoms with E-state index in [0.717, 1.165) is 17.7 Å². The number of aromatic carboxylic acids is 1. The number of nitrogens with zero attached hydrogens (tertiary/aromatic N) is 1. The Morgan fingerprint density at radius 2 is 2.17 bits per heavy atom. The molecule has 2 aromatic rings. The summed E-state index contributed by atoms with van der Waals surface area (Å²) in [6.07, 6.45) is 3.55. The monoisotopic (exact) mass is 349 g/mol. The molecule has 0 bridgehead atoms. The summed E-state index contributed by atoms with van der Waals surface area (Å²) in [5.74, 6) is 0.149. The molecule has 0 aliphatic rings. The lowest BCUT2D eigenvalue weighted by Crippen LogP contribution is -1.98. The average Bonchev–Trinajstić information content (AvgIpc) is 2.96. The number of thiocarbonyl (C=S) groups is 1. The van der Waals surface area contributed by atoms with E-state index in [2.05, 4.69) is 11.9 Å². The smallest absolute Gasteiger partial charge is 0.337 e. The van der Waals surface area contributed by atoms with E-state index in [0.29, 0.717) is 23.6 Å². The van der Waals surface area contributed by atoms with Gasteiger partial charge in [-0.25, -0.2) is 4.79 Å². The number of benzene rings is 1. The van der Waals surface area contributed by atoms with Crippen molar-refractivity contribution in [3.8, 4) is 11.3 Å². The molecule has 2 rings (SSSR count). The van der Waals surface area contributed by atoms with Gasteiger partial charge in [0.1, 0.15) is 11.5 Å². The molecule has 6 heteroatoms. The van der Waals surface area contributed by atoms with E-state index in [1.807, 2.05) is 0 Å². The second-order valence-corrected chi connectivity index (χ2v) is 5.94. The molecule has 1 N–H and O–H groups in total. The van der Waals surface area contributed by atoms with E-state index in [9.17, 15) is 4.79 Å². The van der Waals surface area contributed by atoms with Crippen molar-refractivity contribution in [1.29, 1.82) is 0 Å². The lowest BCUT2D eigenvalue weighted by molar-refractivity contribution is 0.0697. The van der Waals surface area contributed by atoms with Crippen molar-refractivity contribution in [3.05, 3.63) is 46.7 Å². The zero-order valence-electron chi connectivity index (χ0n) is 12.6. The van der Waals surface area contributed by atoms with E-state index < -0.39 is 5.97 Å². The second kappa shape index (κ2) is 8.04. The van der Waals surface area contributed by atoms with Gasteiger partial charge in [-0.05, 0) is 30.7 Å². The highest BCUT2D eigenvalue weighted by molar-refractivity contribution is 7.80. The molecule has 1 aromatic heterocycles. The number of halogens is 1. The van der Waals surface area contributed by atoms with Crippen LogP contribution in [0.5, 0.6) is 0 Å². The highest BCUT2D eigenvalue weighted by Crippen LogP contribution is 2.27. The molecule has 0 amide bonds. The average molecular weight is 350 g/mol. The molecule has 0 aliphatic carbocycles. The first kappa shape index (κ1) is 17.4. The normalized spacial score (nSPS) is 11.0. The van der Waals surface area contributed by atoms with Gasteiger partial charge in [0, 0.05) is 10.4 Å². The summed E-state index contributed by atoms with van der Waals surface area (Å²) in [4.78, 5) is 16.1. The number of carbonyl (C=O) groups is 1. The van der Waals surface area contributed by atoms with Gasteiger partial charge < -0.3 is 9.52 Å². The van der Waals surface area contributed by atoms with Gasteiger partial charge in [-0.15, -0.1) is 0 Å². The van der Waals surface area contributed by atoms with E-state index in [1.54, 1.807) is 30.5 Å². The maximum atomic E-state index is 11.0. The molecular formula is C17H16ClNO3S. The summed E-state index contributed by atoms with van der Waals surface area (Å²) >= 11 is 11.2. The molecule has 4 nitrogen and oxygen atoms in total. The zero-order valence-corrected chi connectivity index (χ0v) is 14.2. The van der Waals surface area contributed by atoms with E-state index in [-0.39, 0.29) is 10.6 Å². The Kier molecular flexibility index (Phi) is 6.07. The lowest BCUT2D eigenvalue weighted by atomic mass is 10.1. The van der Waals surface area contributed by atoms with Crippen LogP contribution in [0.25, 0.3) is 11.3 Å². The summed E-state index contributed by atoms with van der Waals surface area (Å²) in [5, 5.41) is 9.15. The first-order valence-corrected chi connectivity index (χ1v) is 7.94. The van der Waals surface area contributed by atoms with Crippen LogP contribution in [0.1, 0.15) is 35.9 Å². The summed E-state index contributed by atoms with van der Waals surface area (Å²) in [7, 11) is 0. The van der Waals surface area contributed by atoms with Crippen molar-refractivity contribution in [1.82, 2.24) is 0 Å². The lowest BCUT2D eigenvalue weighted by Gasteiger charge is -2.01. The molecule has 1 heterocycles. The second-order valence-electron chi connectivity index (χ2n) is 4.96. The van der Waals surface area contributed by atoms with Gasteiger partial charge in [0.15, 0.2) is 0 Å².